The maximum Gasteiger partial charge on any atom is 0.224 e. The van der Waals surface area contributed by atoms with Gasteiger partial charge in [0.1, 0.15) is 5.78 Å². The average molecular weight is 325 g/mol. The van der Waals surface area contributed by atoms with Crippen molar-refractivity contribution >= 4 is 11.7 Å². The van der Waals surface area contributed by atoms with Gasteiger partial charge in [-0.05, 0) is 18.9 Å². The molecule has 0 aliphatic heterocycles. The van der Waals surface area contributed by atoms with Crippen LogP contribution in [0.2, 0.25) is 0 Å². The Bertz CT molecular complexity index is 377. The van der Waals surface area contributed by atoms with E-state index in [1.54, 1.807) is 6.92 Å². The number of hydrogen-bond donors (Lipinski definition) is 2. The van der Waals surface area contributed by atoms with Gasteiger partial charge in [-0.3, -0.25) is 4.79 Å². The number of benzene rings is 1. The van der Waals surface area contributed by atoms with Crippen molar-refractivity contribution in [3.8, 4) is 0 Å². The molecule has 0 heterocycles. The Labute approximate surface area is 142 Å². The summed E-state index contributed by atoms with van der Waals surface area (Å²) in [5.74, 6) is -0.0780. The maximum atomic E-state index is 11.2. The molecular weight excluding hydrogens is 290 g/mol. The molecule has 134 valence electrons. The second-order valence-corrected chi connectivity index (χ2v) is 4.56. The molecule has 0 fully saturated rings. The van der Waals surface area contributed by atoms with Gasteiger partial charge in [-0.25, -0.2) is 0 Å². The minimum atomic E-state index is -0.218. The van der Waals surface area contributed by atoms with Crippen molar-refractivity contribution < 1.29 is 14.7 Å². The molecule has 23 heavy (non-hydrogen) atoms. The van der Waals surface area contributed by atoms with E-state index < -0.39 is 0 Å². The molecule has 0 bridgehead atoms. The second kappa shape index (κ2) is 20.3. The quantitative estimate of drug-likeness (QED) is 0.827. The summed E-state index contributed by atoms with van der Waals surface area (Å²) in [5.41, 5.74) is 6.41. The van der Waals surface area contributed by atoms with Crippen LogP contribution < -0.4 is 5.73 Å². The first-order valence-corrected chi connectivity index (χ1v) is 8.31. The number of aliphatic hydroxyl groups is 1. The van der Waals surface area contributed by atoms with Gasteiger partial charge >= 0.3 is 0 Å². The molecule has 0 saturated carbocycles. The number of carbonyl (C=O) groups excluding carboxylic acids is 2. The topological polar surface area (TPSA) is 80.4 Å². The van der Waals surface area contributed by atoms with E-state index in [1.807, 2.05) is 51.1 Å². The first-order chi connectivity index (χ1) is 11.0. The second-order valence-electron chi connectivity index (χ2n) is 4.56. The SMILES string of the molecule is CC.CCC(C)=O.CCCCC(C(N)=O)c1ccccc1.CO. The average Bonchev–Trinajstić information content (AvgIpc) is 2.60. The van der Waals surface area contributed by atoms with Gasteiger partial charge in [0.2, 0.25) is 5.91 Å². The molecular formula is C19H35NO3. The highest BCUT2D eigenvalue weighted by atomic mass is 16.2. The van der Waals surface area contributed by atoms with Gasteiger partial charge in [0.05, 0.1) is 5.92 Å². The third-order valence-corrected chi connectivity index (χ3v) is 2.89. The number of amides is 1. The minimum Gasteiger partial charge on any atom is -0.400 e. The van der Waals surface area contributed by atoms with Crippen LogP contribution in [-0.4, -0.2) is 23.9 Å². The number of Topliss-reactive ketones (excluding diaryl/α,β-unsaturated/α-hetero) is 1. The van der Waals surface area contributed by atoms with E-state index in [2.05, 4.69) is 6.92 Å². The highest BCUT2D eigenvalue weighted by Crippen LogP contribution is 2.21. The Hall–Kier alpha value is -1.68. The van der Waals surface area contributed by atoms with Crippen LogP contribution in [0.25, 0.3) is 0 Å². The molecule has 0 spiro atoms. The number of primary amides is 1. The molecule has 1 amide bonds. The summed E-state index contributed by atoms with van der Waals surface area (Å²) in [6, 6.07) is 9.76. The van der Waals surface area contributed by atoms with Gasteiger partial charge < -0.3 is 15.6 Å². The Kier molecular flexibility index (Phi) is 23.2. The fourth-order valence-corrected chi connectivity index (χ4v) is 1.57. The van der Waals surface area contributed by atoms with E-state index in [-0.39, 0.29) is 17.6 Å². The van der Waals surface area contributed by atoms with Gasteiger partial charge in [0, 0.05) is 13.5 Å². The van der Waals surface area contributed by atoms with Crippen LogP contribution in [0.3, 0.4) is 0 Å². The molecule has 1 aromatic rings. The van der Waals surface area contributed by atoms with Gasteiger partial charge in [0.15, 0.2) is 0 Å². The summed E-state index contributed by atoms with van der Waals surface area (Å²) in [7, 11) is 1.00. The smallest absolute Gasteiger partial charge is 0.224 e. The van der Waals surface area contributed by atoms with Crippen molar-refractivity contribution in [2.24, 2.45) is 5.73 Å². The number of unbranched alkanes of at least 4 members (excludes halogenated alkanes) is 1. The third kappa shape index (κ3) is 16.5. The molecule has 4 heteroatoms. The zero-order valence-electron chi connectivity index (χ0n) is 15.6. The molecule has 0 aliphatic rings. The van der Waals surface area contributed by atoms with E-state index in [0.29, 0.717) is 6.42 Å². The summed E-state index contributed by atoms with van der Waals surface area (Å²) in [6.07, 6.45) is 3.66. The van der Waals surface area contributed by atoms with Crippen molar-refractivity contribution in [1.82, 2.24) is 0 Å². The molecule has 0 radical (unpaired) electrons. The van der Waals surface area contributed by atoms with E-state index in [4.69, 9.17) is 10.8 Å². The molecule has 3 N–H and O–H groups in total. The third-order valence-electron chi connectivity index (χ3n) is 2.89. The largest absolute Gasteiger partial charge is 0.400 e. The molecule has 0 aromatic heterocycles. The lowest BCUT2D eigenvalue weighted by atomic mass is 9.93. The van der Waals surface area contributed by atoms with Crippen molar-refractivity contribution in [3.63, 3.8) is 0 Å². The number of carbonyl (C=O) groups is 2. The van der Waals surface area contributed by atoms with Crippen LogP contribution >= 0.6 is 0 Å². The first-order valence-electron chi connectivity index (χ1n) is 8.31. The summed E-state index contributed by atoms with van der Waals surface area (Å²) in [6.45, 7) is 9.55. The highest BCUT2D eigenvalue weighted by molar-refractivity contribution is 5.81. The Morgan fingerprint density at radius 2 is 1.52 bits per heavy atom. The summed E-state index contributed by atoms with van der Waals surface area (Å²) in [4.78, 5) is 21.0. The van der Waals surface area contributed by atoms with Crippen molar-refractivity contribution in [3.05, 3.63) is 35.9 Å². The number of aliphatic hydroxyl groups excluding tert-OH is 1. The Morgan fingerprint density at radius 1 is 1.09 bits per heavy atom. The highest BCUT2D eigenvalue weighted by Gasteiger charge is 2.16. The van der Waals surface area contributed by atoms with Crippen LogP contribution in [0.15, 0.2) is 30.3 Å². The van der Waals surface area contributed by atoms with Crippen molar-refractivity contribution in [1.29, 1.82) is 0 Å². The minimum absolute atomic E-state index is 0.115. The number of nitrogens with two attached hydrogens (primary N) is 1. The number of hydrogen-bond acceptors (Lipinski definition) is 3. The molecule has 4 nitrogen and oxygen atoms in total. The number of ketones is 1. The van der Waals surface area contributed by atoms with Crippen molar-refractivity contribution in [2.45, 2.75) is 66.2 Å². The number of rotatable bonds is 6. The Morgan fingerprint density at radius 3 is 1.83 bits per heavy atom. The van der Waals surface area contributed by atoms with E-state index >= 15 is 0 Å². The molecule has 1 atom stereocenters. The van der Waals surface area contributed by atoms with Crippen LogP contribution in [0, 0.1) is 0 Å². The molecule has 0 saturated heterocycles. The lowest BCUT2D eigenvalue weighted by Gasteiger charge is -2.12. The van der Waals surface area contributed by atoms with Gasteiger partial charge in [-0.1, -0.05) is 70.9 Å². The van der Waals surface area contributed by atoms with Gasteiger partial charge in [-0.2, -0.15) is 0 Å². The van der Waals surface area contributed by atoms with Crippen LogP contribution in [0.4, 0.5) is 0 Å². The Balaban J connectivity index is -0.000000375. The van der Waals surface area contributed by atoms with Crippen LogP contribution in [0.5, 0.6) is 0 Å². The predicted octanol–water partition coefficient (Wildman–Crippen LogP) is 4.07. The first kappa shape index (κ1) is 26.2. The van der Waals surface area contributed by atoms with Gasteiger partial charge in [0.25, 0.3) is 0 Å². The summed E-state index contributed by atoms with van der Waals surface area (Å²) < 4.78 is 0. The normalized spacial score (nSPS) is 9.70. The van der Waals surface area contributed by atoms with Crippen LogP contribution in [-0.2, 0) is 9.59 Å². The van der Waals surface area contributed by atoms with Crippen molar-refractivity contribution in [2.75, 3.05) is 7.11 Å². The standard InChI is InChI=1S/C12H17NO.C4H8O.C2H6.CH4O/c1-2-3-9-11(12(13)14)10-7-5-4-6-8-10;1-3-4(2)5;2*1-2/h4-8,11H,2-3,9H2,1H3,(H2,13,14);3H2,1-2H3;1-2H3;2H,1H3. The lowest BCUT2D eigenvalue weighted by molar-refractivity contribution is -0.119. The van der Waals surface area contributed by atoms with E-state index in [0.717, 1.165) is 31.9 Å². The fourth-order valence-electron chi connectivity index (χ4n) is 1.57. The summed E-state index contributed by atoms with van der Waals surface area (Å²) >= 11 is 0. The lowest BCUT2D eigenvalue weighted by Crippen LogP contribution is -2.21. The molecule has 1 rings (SSSR count). The molecule has 1 unspecified atom stereocenters. The van der Waals surface area contributed by atoms with E-state index in [9.17, 15) is 9.59 Å². The predicted molar refractivity (Wildman–Crippen MR) is 98.4 cm³/mol. The molecule has 1 aromatic carbocycles. The zero-order valence-corrected chi connectivity index (χ0v) is 15.6. The summed E-state index contributed by atoms with van der Waals surface area (Å²) in [5, 5.41) is 7.00. The van der Waals surface area contributed by atoms with Crippen LogP contribution in [0.1, 0.15) is 71.8 Å². The van der Waals surface area contributed by atoms with Gasteiger partial charge in [-0.15, -0.1) is 0 Å². The maximum absolute atomic E-state index is 11.2. The fraction of sp³-hybridized carbons (Fsp3) is 0.579. The van der Waals surface area contributed by atoms with E-state index in [1.165, 1.54) is 0 Å². The monoisotopic (exact) mass is 325 g/mol. The zero-order chi connectivity index (χ0) is 18.7. The molecule has 0 aliphatic carbocycles.